The molecular weight excluding hydrogens is 328 g/mol. The zero-order valence-corrected chi connectivity index (χ0v) is 12.1. The molecule has 4 nitrogen and oxygen atoms in total. The van der Waals surface area contributed by atoms with Crippen LogP contribution in [0.25, 0.3) is 0 Å². The maximum absolute atomic E-state index is 11.9. The maximum Gasteiger partial charge on any atom is 0.243 e. The molecule has 1 aromatic carbocycles. The van der Waals surface area contributed by atoms with Crippen molar-refractivity contribution in [3.05, 3.63) is 27.7 Å². The van der Waals surface area contributed by atoms with Crippen LogP contribution in [0.15, 0.2) is 27.6 Å². The number of nitrogens with one attached hydrogen (secondary N) is 1. The molecular formula is C10H10BrClN2O2S. The summed E-state index contributed by atoms with van der Waals surface area (Å²) in [4.78, 5) is -0.0314. The van der Waals surface area contributed by atoms with Gasteiger partial charge in [0.1, 0.15) is 10.9 Å². The first-order valence-electron chi connectivity index (χ1n) is 4.77. The fourth-order valence-corrected chi connectivity index (χ4v) is 3.41. The third-order valence-electron chi connectivity index (χ3n) is 2.04. The average Bonchev–Trinajstić information content (AvgIpc) is 2.25. The van der Waals surface area contributed by atoms with Gasteiger partial charge in [0, 0.05) is 4.47 Å². The van der Waals surface area contributed by atoms with Crippen molar-refractivity contribution in [2.24, 2.45) is 0 Å². The maximum atomic E-state index is 11.9. The lowest BCUT2D eigenvalue weighted by Crippen LogP contribution is -2.33. The van der Waals surface area contributed by atoms with E-state index in [4.69, 9.17) is 16.9 Å². The molecule has 1 N–H and O–H groups in total. The smallest absolute Gasteiger partial charge is 0.207 e. The fraction of sp³-hybridized carbons (Fsp3) is 0.300. The van der Waals surface area contributed by atoms with E-state index in [0.717, 1.165) is 0 Å². The molecule has 0 saturated heterocycles. The van der Waals surface area contributed by atoms with E-state index in [1.807, 2.05) is 6.07 Å². The predicted molar refractivity (Wildman–Crippen MR) is 69.2 cm³/mol. The van der Waals surface area contributed by atoms with E-state index in [1.54, 1.807) is 13.0 Å². The van der Waals surface area contributed by atoms with Crippen LogP contribution in [0.2, 0.25) is 5.02 Å². The summed E-state index contributed by atoms with van der Waals surface area (Å²) in [6.07, 6.45) is 0.393. The highest BCUT2D eigenvalue weighted by Gasteiger charge is 2.21. The Morgan fingerprint density at radius 3 is 2.71 bits per heavy atom. The van der Waals surface area contributed by atoms with Gasteiger partial charge in [0.25, 0.3) is 0 Å². The standard InChI is InChI=1S/C10H10BrClN2O2S/c1-2-8(6-13)14-17(15,16)10-4-3-7(11)5-9(10)12/h3-5,8,14H,2H2,1H3. The quantitative estimate of drug-likeness (QED) is 0.918. The van der Waals surface area contributed by atoms with Gasteiger partial charge < -0.3 is 0 Å². The van der Waals surface area contributed by atoms with Gasteiger partial charge in [-0.3, -0.25) is 0 Å². The van der Waals surface area contributed by atoms with Gasteiger partial charge in [-0.05, 0) is 24.6 Å². The van der Waals surface area contributed by atoms with Crippen LogP contribution in [0.5, 0.6) is 0 Å². The van der Waals surface area contributed by atoms with Crippen molar-refractivity contribution in [3.63, 3.8) is 0 Å². The number of nitriles is 1. The molecule has 0 saturated carbocycles. The molecule has 92 valence electrons. The van der Waals surface area contributed by atoms with Crippen LogP contribution in [-0.2, 0) is 10.0 Å². The molecule has 0 fully saturated rings. The van der Waals surface area contributed by atoms with Crippen LogP contribution in [0.1, 0.15) is 13.3 Å². The van der Waals surface area contributed by atoms with Crippen LogP contribution in [0.3, 0.4) is 0 Å². The fourth-order valence-electron chi connectivity index (χ4n) is 1.14. The molecule has 0 aromatic heterocycles. The zero-order chi connectivity index (χ0) is 13.1. The molecule has 1 aromatic rings. The molecule has 1 rings (SSSR count). The van der Waals surface area contributed by atoms with Crippen LogP contribution >= 0.6 is 27.5 Å². The summed E-state index contributed by atoms with van der Waals surface area (Å²) in [7, 11) is -3.76. The molecule has 1 atom stereocenters. The van der Waals surface area contributed by atoms with E-state index in [9.17, 15) is 8.42 Å². The highest BCUT2D eigenvalue weighted by atomic mass is 79.9. The summed E-state index contributed by atoms with van der Waals surface area (Å²) in [5, 5.41) is 8.84. The van der Waals surface area contributed by atoms with Gasteiger partial charge in [-0.1, -0.05) is 34.5 Å². The lowest BCUT2D eigenvalue weighted by atomic mass is 10.3. The van der Waals surface area contributed by atoms with Crippen molar-refractivity contribution in [1.29, 1.82) is 5.26 Å². The van der Waals surface area contributed by atoms with E-state index >= 15 is 0 Å². The number of halogens is 2. The van der Waals surface area contributed by atoms with Crippen molar-refractivity contribution in [3.8, 4) is 6.07 Å². The largest absolute Gasteiger partial charge is 0.243 e. The molecule has 0 bridgehead atoms. The molecule has 17 heavy (non-hydrogen) atoms. The number of sulfonamides is 1. The molecule has 0 heterocycles. The Balaban J connectivity index is 3.10. The molecule has 0 aliphatic heterocycles. The third-order valence-corrected chi connectivity index (χ3v) is 4.49. The number of hydrogen-bond donors (Lipinski definition) is 1. The molecule has 0 aliphatic carbocycles. The van der Waals surface area contributed by atoms with Crippen molar-refractivity contribution < 1.29 is 8.42 Å². The van der Waals surface area contributed by atoms with Crippen molar-refractivity contribution in [2.75, 3.05) is 0 Å². The summed E-state index contributed by atoms with van der Waals surface area (Å²) in [6.45, 7) is 1.72. The first-order valence-corrected chi connectivity index (χ1v) is 7.43. The average molecular weight is 338 g/mol. The van der Waals surface area contributed by atoms with Crippen molar-refractivity contribution in [2.45, 2.75) is 24.3 Å². The third kappa shape index (κ3) is 3.68. The Morgan fingerprint density at radius 1 is 1.59 bits per heavy atom. The summed E-state index contributed by atoms with van der Waals surface area (Å²) < 4.78 is 26.8. The highest BCUT2D eigenvalue weighted by molar-refractivity contribution is 9.10. The molecule has 1 unspecified atom stereocenters. The van der Waals surface area contributed by atoms with Gasteiger partial charge in [-0.25, -0.2) is 8.42 Å². The Kier molecular flexibility index (Phi) is 4.95. The van der Waals surface area contributed by atoms with Crippen LogP contribution in [0.4, 0.5) is 0 Å². The highest BCUT2D eigenvalue weighted by Crippen LogP contribution is 2.25. The number of nitrogens with zero attached hydrogens (tertiary/aromatic N) is 1. The van der Waals surface area contributed by atoms with Gasteiger partial charge in [0.2, 0.25) is 10.0 Å². The monoisotopic (exact) mass is 336 g/mol. The summed E-state index contributed by atoms with van der Waals surface area (Å²) in [5.41, 5.74) is 0. The first-order chi connectivity index (χ1) is 7.90. The van der Waals surface area contributed by atoms with Gasteiger partial charge in [-0.15, -0.1) is 0 Å². The number of hydrogen-bond acceptors (Lipinski definition) is 3. The van der Waals surface area contributed by atoms with E-state index in [0.29, 0.717) is 10.9 Å². The minimum atomic E-state index is -3.76. The second kappa shape index (κ2) is 5.83. The van der Waals surface area contributed by atoms with Crippen LogP contribution in [-0.4, -0.2) is 14.5 Å². The molecule has 0 aliphatic rings. The second-order valence-electron chi connectivity index (χ2n) is 3.29. The van der Waals surface area contributed by atoms with Crippen molar-refractivity contribution >= 4 is 37.6 Å². The number of rotatable bonds is 4. The van der Waals surface area contributed by atoms with Gasteiger partial charge in [-0.2, -0.15) is 9.98 Å². The SMILES string of the molecule is CCC(C#N)NS(=O)(=O)c1ccc(Br)cc1Cl. The Bertz CT molecular complexity index is 554. The molecule has 0 spiro atoms. The summed E-state index contributed by atoms with van der Waals surface area (Å²) in [6, 6.07) is 5.57. The van der Waals surface area contributed by atoms with Gasteiger partial charge in [0.15, 0.2) is 0 Å². The Hall–Kier alpha value is -0.610. The molecule has 0 radical (unpaired) electrons. The lowest BCUT2D eigenvalue weighted by molar-refractivity contribution is 0.569. The normalized spacial score (nSPS) is 13.1. The lowest BCUT2D eigenvalue weighted by Gasteiger charge is -2.11. The number of benzene rings is 1. The van der Waals surface area contributed by atoms with Crippen LogP contribution < -0.4 is 4.72 Å². The van der Waals surface area contributed by atoms with Gasteiger partial charge >= 0.3 is 0 Å². The van der Waals surface area contributed by atoms with E-state index in [-0.39, 0.29) is 9.92 Å². The topological polar surface area (TPSA) is 70.0 Å². The van der Waals surface area contributed by atoms with E-state index < -0.39 is 16.1 Å². The van der Waals surface area contributed by atoms with Crippen molar-refractivity contribution in [1.82, 2.24) is 4.72 Å². The summed E-state index contributed by atoms with van der Waals surface area (Å²) in [5.74, 6) is 0. The van der Waals surface area contributed by atoms with Gasteiger partial charge in [0.05, 0.1) is 11.1 Å². The molecule has 0 amide bonds. The van der Waals surface area contributed by atoms with E-state index in [1.165, 1.54) is 12.1 Å². The minimum Gasteiger partial charge on any atom is -0.207 e. The zero-order valence-electron chi connectivity index (χ0n) is 8.94. The molecule has 7 heteroatoms. The summed E-state index contributed by atoms with van der Waals surface area (Å²) >= 11 is 9.04. The minimum absolute atomic E-state index is 0.0314. The van der Waals surface area contributed by atoms with E-state index in [2.05, 4.69) is 20.7 Å². The first kappa shape index (κ1) is 14.5. The second-order valence-corrected chi connectivity index (χ2v) is 6.29. The Labute approximate surface area is 114 Å². The Morgan fingerprint density at radius 2 is 2.24 bits per heavy atom. The van der Waals surface area contributed by atoms with Crippen LogP contribution in [0, 0.1) is 11.3 Å². The predicted octanol–water partition coefficient (Wildman–Crippen LogP) is 2.68.